The van der Waals surface area contributed by atoms with E-state index >= 15 is 0 Å². The van der Waals surface area contributed by atoms with Crippen molar-refractivity contribution in [2.75, 3.05) is 0 Å². The van der Waals surface area contributed by atoms with Crippen LogP contribution < -0.4 is 0 Å². The predicted octanol–water partition coefficient (Wildman–Crippen LogP) is 3.18. The molecule has 0 saturated carbocycles. The molecular weight excluding hydrogens is 252 g/mol. The molecule has 0 amide bonds. The number of carbonyl (C=O) groups excluding carboxylic acids is 1. The van der Waals surface area contributed by atoms with Crippen molar-refractivity contribution < 1.29 is 9.90 Å². The third-order valence-corrected chi connectivity index (χ3v) is 3.27. The fourth-order valence-electron chi connectivity index (χ4n) is 1.17. The molecule has 0 unspecified atom stereocenters. The Balaban J connectivity index is 2.82. The molecule has 0 spiro atoms. The number of thiophene rings is 1. The maximum atomic E-state index is 10.5. The molecule has 4 heteroatoms. The second kappa shape index (κ2) is 3.12. The molecule has 0 aliphatic carbocycles. The predicted molar refractivity (Wildman–Crippen MR) is 56.6 cm³/mol. The first-order chi connectivity index (χ1) is 6.20. The molecule has 13 heavy (non-hydrogen) atoms. The average Bonchev–Trinajstić information content (AvgIpc) is 2.46. The summed E-state index contributed by atoms with van der Waals surface area (Å²) in [5.41, 5.74) is 0.612. The van der Waals surface area contributed by atoms with Gasteiger partial charge in [0.05, 0.1) is 0 Å². The molecule has 2 aromatic rings. The molecule has 0 aliphatic rings. The van der Waals surface area contributed by atoms with Crippen LogP contribution in [0.25, 0.3) is 10.1 Å². The highest BCUT2D eigenvalue weighted by atomic mass is 79.9. The molecule has 66 valence electrons. The largest absolute Gasteiger partial charge is 0.499 e. The standard InChI is InChI=1S/C9H5BrO2S/c10-7-1-5(4-11)2-8-6(7)3-9(12)13-8/h1-4,12H. The highest BCUT2D eigenvalue weighted by Gasteiger charge is 2.05. The lowest BCUT2D eigenvalue weighted by atomic mass is 10.2. The number of hydrogen-bond acceptors (Lipinski definition) is 3. The molecule has 0 fully saturated rings. The van der Waals surface area contributed by atoms with Crippen LogP contribution in [0.2, 0.25) is 0 Å². The molecule has 1 heterocycles. The summed E-state index contributed by atoms with van der Waals surface area (Å²) in [6.07, 6.45) is 0.793. The van der Waals surface area contributed by atoms with Gasteiger partial charge in [-0.25, -0.2) is 0 Å². The molecule has 1 aromatic carbocycles. The maximum Gasteiger partial charge on any atom is 0.172 e. The molecular formula is C9H5BrO2S. The molecule has 2 rings (SSSR count). The molecule has 0 atom stereocenters. The molecule has 2 nitrogen and oxygen atoms in total. The maximum absolute atomic E-state index is 10.5. The van der Waals surface area contributed by atoms with Crippen molar-refractivity contribution in [2.45, 2.75) is 0 Å². The summed E-state index contributed by atoms with van der Waals surface area (Å²) in [7, 11) is 0. The van der Waals surface area contributed by atoms with E-state index in [1.807, 2.05) is 0 Å². The number of hydrogen-bond donors (Lipinski definition) is 1. The van der Waals surface area contributed by atoms with Gasteiger partial charge < -0.3 is 5.11 Å². The Bertz CT molecular complexity index is 476. The lowest BCUT2D eigenvalue weighted by Gasteiger charge is -1.94. The van der Waals surface area contributed by atoms with E-state index in [1.165, 1.54) is 11.3 Å². The van der Waals surface area contributed by atoms with Crippen LogP contribution in [0, 0.1) is 0 Å². The number of fused-ring (bicyclic) bond motifs is 1. The minimum Gasteiger partial charge on any atom is -0.499 e. The van der Waals surface area contributed by atoms with E-state index < -0.39 is 0 Å². The number of benzene rings is 1. The van der Waals surface area contributed by atoms with Crippen molar-refractivity contribution in [1.82, 2.24) is 0 Å². The highest BCUT2D eigenvalue weighted by Crippen LogP contribution is 2.35. The van der Waals surface area contributed by atoms with Crippen LogP contribution in [0.4, 0.5) is 0 Å². The summed E-state index contributed by atoms with van der Waals surface area (Å²) in [5, 5.41) is 10.5. The zero-order valence-corrected chi connectivity index (χ0v) is 8.85. The van der Waals surface area contributed by atoms with Crippen molar-refractivity contribution in [2.24, 2.45) is 0 Å². The molecule has 0 saturated heterocycles. The van der Waals surface area contributed by atoms with E-state index in [0.717, 1.165) is 20.8 Å². The highest BCUT2D eigenvalue weighted by molar-refractivity contribution is 9.10. The third-order valence-electron chi connectivity index (χ3n) is 1.73. The van der Waals surface area contributed by atoms with Crippen LogP contribution in [0.1, 0.15) is 10.4 Å². The second-order valence-electron chi connectivity index (χ2n) is 2.62. The molecule has 0 aliphatic heterocycles. The first-order valence-corrected chi connectivity index (χ1v) is 5.19. The van der Waals surface area contributed by atoms with Crippen LogP contribution in [0.3, 0.4) is 0 Å². The van der Waals surface area contributed by atoms with Crippen LogP contribution in [-0.4, -0.2) is 11.4 Å². The van der Waals surface area contributed by atoms with Gasteiger partial charge in [0.1, 0.15) is 6.29 Å². The number of aldehydes is 1. The molecule has 0 bridgehead atoms. The fourth-order valence-corrected chi connectivity index (χ4v) is 2.77. The van der Waals surface area contributed by atoms with Gasteiger partial charge in [0.2, 0.25) is 0 Å². The summed E-state index contributed by atoms with van der Waals surface area (Å²) < 4.78 is 1.75. The third kappa shape index (κ3) is 1.47. The first kappa shape index (κ1) is 8.72. The Hall–Kier alpha value is -0.870. The minimum atomic E-state index is 0.263. The van der Waals surface area contributed by atoms with Gasteiger partial charge in [0, 0.05) is 26.2 Å². The normalized spacial score (nSPS) is 10.5. The van der Waals surface area contributed by atoms with Gasteiger partial charge in [-0.05, 0) is 12.1 Å². The first-order valence-electron chi connectivity index (χ1n) is 3.58. The fraction of sp³-hybridized carbons (Fsp3) is 0. The van der Waals surface area contributed by atoms with Crippen molar-refractivity contribution in [1.29, 1.82) is 0 Å². The lowest BCUT2D eigenvalue weighted by molar-refractivity contribution is 0.112. The van der Waals surface area contributed by atoms with E-state index in [-0.39, 0.29) is 5.06 Å². The molecule has 1 aromatic heterocycles. The van der Waals surface area contributed by atoms with Crippen molar-refractivity contribution >= 4 is 43.6 Å². The number of carbonyl (C=O) groups is 1. The zero-order chi connectivity index (χ0) is 9.42. The van der Waals surface area contributed by atoms with Crippen molar-refractivity contribution in [3.05, 3.63) is 28.2 Å². The Morgan fingerprint density at radius 3 is 2.85 bits per heavy atom. The summed E-state index contributed by atoms with van der Waals surface area (Å²) in [6.45, 7) is 0. The summed E-state index contributed by atoms with van der Waals surface area (Å²) in [4.78, 5) is 10.5. The van der Waals surface area contributed by atoms with Crippen molar-refractivity contribution in [3.63, 3.8) is 0 Å². The van der Waals surface area contributed by atoms with E-state index in [1.54, 1.807) is 18.2 Å². The summed E-state index contributed by atoms with van der Waals surface area (Å²) in [5.74, 6) is 0. The average molecular weight is 257 g/mol. The SMILES string of the molecule is O=Cc1cc(Br)c2cc(O)sc2c1. The van der Waals surface area contributed by atoms with Gasteiger partial charge in [0.25, 0.3) is 0 Å². The van der Waals surface area contributed by atoms with Gasteiger partial charge in [-0.2, -0.15) is 0 Å². The van der Waals surface area contributed by atoms with E-state index in [2.05, 4.69) is 15.9 Å². The molecule has 1 N–H and O–H groups in total. The Labute approximate surface area is 86.9 Å². The zero-order valence-electron chi connectivity index (χ0n) is 6.45. The topological polar surface area (TPSA) is 37.3 Å². The van der Waals surface area contributed by atoms with E-state index in [0.29, 0.717) is 5.56 Å². The van der Waals surface area contributed by atoms with Crippen LogP contribution >= 0.6 is 27.3 Å². The summed E-state index contributed by atoms with van der Waals surface area (Å²) >= 11 is 4.60. The van der Waals surface area contributed by atoms with Crippen LogP contribution in [0.15, 0.2) is 22.7 Å². The Kier molecular flexibility index (Phi) is 2.09. The van der Waals surface area contributed by atoms with Gasteiger partial charge in [-0.1, -0.05) is 27.3 Å². The van der Waals surface area contributed by atoms with Gasteiger partial charge >= 0.3 is 0 Å². The van der Waals surface area contributed by atoms with Crippen LogP contribution in [0.5, 0.6) is 5.06 Å². The Morgan fingerprint density at radius 2 is 2.15 bits per heavy atom. The molecule has 0 radical (unpaired) electrons. The number of aromatic hydroxyl groups is 1. The Morgan fingerprint density at radius 1 is 1.38 bits per heavy atom. The number of halogens is 1. The summed E-state index contributed by atoms with van der Waals surface area (Å²) in [6, 6.07) is 5.18. The van der Waals surface area contributed by atoms with Gasteiger partial charge in [-0.15, -0.1) is 0 Å². The van der Waals surface area contributed by atoms with Gasteiger partial charge in [0.15, 0.2) is 5.06 Å². The van der Waals surface area contributed by atoms with Crippen LogP contribution in [-0.2, 0) is 0 Å². The van der Waals surface area contributed by atoms with Gasteiger partial charge in [-0.3, -0.25) is 4.79 Å². The number of rotatable bonds is 1. The lowest BCUT2D eigenvalue weighted by Crippen LogP contribution is -1.78. The quantitative estimate of drug-likeness (QED) is 0.796. The monoisotopic (exact) mass is 256 g/mol. The minimum absolute atomic E-state index is 0.263. The smallest absolute Gasteiger partial charge is 0.172 e. The second-order valence-corrected chi connectivity index (χ2v) is 4.53. The van der Waals surface area contributed by atoms with E-state index in [9.17, 15) is 9.90 Å². The van der Waals surface area contributed by atoms with Crippen molar-refractivity contribution in [3.8, 4) is 5.06 Å². The van der Waals surface area contributed by atoms with E-state index in [4.69, 9.17) is 0 Å².